The maximum atomic E-state index is 14.4. The number of fused-ring (bicyclic) bond motifs is 3. The van der Waals surface area contributed by atoms with Crippen molar-refractivity contribution in [1.29, 1.82) is 0 Å². The van der Waals surface area contributed by atoms with Crippen LogP contribution < -0.4 is 0 Å². The van der Waals surface area contributed by atoms with E-state index in [0.717, 1.165) is 5.69 Å². The summed E-state index contributed by atoms with van der Waals surface area (Å²) in [6.07, 6.45) is 3.66. The first kappa shape index (κ1) is 44.0. The molecule has 0 saturated carbocycles. The summed E-state index contributed by atoms with van der Waals surface area (Å²) in [5.74, 6) is -0.812. The van der Waals surface area contributed by atoms with Crippen LogP contribution in [-0.2, 0) is 41.4 Å². The van der Waals surface area contributed by atoms with Gasteiger partial charge >= 0.3 is 15.2 Å². The highest BCUT2D eigenvalue weighted by atomic mass is 31.2. The fourth-order valence-corrected chi connectivity index (χ4v) is 11.2. The number of nitrogens with zero attached hydrogens (tertiary/aromatic N) is 12. The molecule has 9 heterocycles. The predicted octanol–water partition coefficient (Wildman–Crippen LogP) is 5.11. The number of hydrogen-bond acceptors (Lipinski definition) is 19. The minimum atomic E-state index is -3.86. The van der Waals surface area contributed by atoms with E-state index in [1.165, 1.54) is 32.3 Å². The lowest BCUT2D eigenvalue weighted by molar-refractivity contribution is -0.0547. The summed E-state index contributed by atoms with van der Waals surface area (Å²) in [5.41, 5.74) is 5.63. The summed E-state index contributed by atoms with van der Waals surface area (Å²) in [6.45, 7) is 15.7. The molecule has 3 aliphatic heterocycles. The molecule has 0 spiro atoms. The zero-order valence-corrected chi connectivity index (χ0v) is 38.2. The molecule has 24 heteroatoms. The maximum Gasteiger partial charge on any atom is 0.328 e. The maximum absolute atomic E-state index is 14.4. The largest absolute Gasteiger partial charge is 0.394 e. The average molecular weight is 911 g/mol. The molecule has 0 amide bonds. The van der Waals surface area contributed by atoms with E-state index in [0.29, 0.717) is 44.9 Å². The van der Waals surface area contributed by atoms with E-state index in [2.05, 4.69) is 58.7 Å². The minimum absolute atomic E-state index is 0.00473. The molecule has 3 fully saturated rings. The highest BCUT2D eigenvalue weighted by Crippen LogP contribution is 2.55. The minimum Gasteiger partial charge on any atom is -0.394 e. The molecule has 6 aromatic rings. The number of aliphatic hydroxyl groups is 1. The third-order valence-corrected chi connectivity index (χ3v) is 15.3. The lowest BCUT2D eigenvalue weighted by Crippen LogP contribution is -2.30. The Hall–Kier alpha value is -4.21. The van der Waals surface area contributed by atoms with Gasteiger partial charge < -0.3 is 37.4 Å². The highest BCUT2D eigenvalue weighted by molar-refractivity contribution is 7.53. The van der Waals surface area contributed by atoms with Crippen LogP contribution in [0.3, 0.4) is 0 Å². The van der Waals surface area contributed by atoms with Gasteiger partial charge in [0.05, 0.1) is 74.2 Å². The molecule has 0 aromatic carbocycles. The molecule has 338 valence electrons. The van der Waals surface area contributed by atoms with Gasteiger partial charge in [-0.05, 0) is 26.7 Å². The standard InChI is InChI=1S/C39H52N12O10P2/c1-19-20(2)37(49-16-46-29-23(5)40-13-43-34(29)49)58-27(19)11-55-62(8,53)61-33-22(4)28(59-39(33)51-18-48-31-25(7)42-15-45-36(31)51)12-56-63(9,54)60-32-21(3)26(10-52)57-38(32)50-17-47-30-24(6)41-14-44-35(30)50/h13-22,26-28,32-33,37-39,52H,10-12H2,1-9H3/t19?,20?,21?,22?,26-,27-,28-,32?,33?,37-,38-,39-,62?,63?/m1/s1. The highest BCUT2D eigenvalue weighted by Gasteiger charge is 2.50. The molecule has 14 atom stereocenters. The molecule has 9 rings (SSSR count). The quantitative estimate of drug-likeness (QED) is 0.139. The van der Waals surface area contributed by atoms with E-state index in [4.69, 9.17) is 32.3 Å². The Morgan fingerprint density at radius 3 is 1.33 bits per heavy atom. The topological polar surface area (TPSA) is 250 Å². The van der Waals surface area contributed by atoms with Crippen molar-refractivity contribution in [1.82, 2.24) is 58.6 Å². The number of aliphatic hydroxyl groups excluding tert-OH is 1. The molecular weight excluding hydrogens is 858 g/mol. The van der Waals surface area contributed by atoms with Gasteiger partial charge in [0.25, 0.3) is 0 Å². The Bertz CT molecular complexity index is 2730. The summed E-state index contributed by atoms with van der Waals surface area (Å²) in [7, 11) is -7.67. The third kappa shape index (κ3) is 8.12. The normalized spacial score (nSPS) is 32.0. The molecule has 0 radical (unpaired) electrons. The second-order valence-electron chi connectivity index (χ2n) is 16.9. The summed E-state index contributed by atoms with van der Waals surface area (Å²) in [6, 6.07) is 0. The summed E-state index contributed by atoms with van der Waals surface area (Å²) >= 11 is 0. The molecule has 6 aromatic heterocycles. The van der Waals surface area contributed by atoms with E-state index in [1.54, 1.807) is 28.1 Å². The van der Waals surface area contributed by atoms with Gasteiger partial charge in [-0.15, -0.1) is 0 Å². The van der Waals surface area contributed by atoms with Gasteiger partial charge in [0.2, 0.25) is 0 Å². The van der Waals surface area contributed by atoms with E-state index >= 15 is 0 Å². The number of ether oxygens (including phenoxy) is 3. The van der Waals surface area contributed by atoms with Crippen LogP contribution in [0.4, 0.5) is 0 Å². The Morgan fingerprint density at radius 1 is 0.540 bits per heavy atom. The molecule has 3 aliphatic rings. The van der Waals surface area contributed by atoms with Gasteiger partial charge in [0, 0.05) is 31.1 Å². The van der Waals surface area contributed by atoms with Crippen LogP contribution in [0.1, 0.15) is 63.5 Å². The van der Waals surface area contributed by atoms with Gasteiger partial charge in [-0.25, -0.2) is 44.9 Å². The Balaban J connectivity index is 0.913. The first-order chi connectivity index (χ1) is 30.1. The molecule has 0 bridgehead atoms. The summed E-state index contributed by atoms with van der Waals surface area (Å²) in [4.78, 5) is 39.6. The number of imidazole rings is 3. The summed E-state index contributed by atoms with van der Waals surface area (Å²) < 4.78 is 78.3. The summed E-state index contributed by atoms with van der Waals surface area (Å²) in [5, 5.41) is 10.2. The van der Waals surface area contributed by atoms with Gasteiger partial charge in [-0.1, -0.05) is 27.7 Å². The second kappa shape index (κ2) is 17.0. The fourth-order valence-electron chi connectivity index (χ4n) is 8.77. The van der Waals surface area contributed by atoms with Crippen molar-refractivity contribution in [3.63, 3.8) is 0 Å². The van der Waals surface area contributed by atoms with Gasteiger partial charge in [-0.3, -0.25) is 22.8 Å². The van der Waals surface area contributed by atoms with Crippen molar-refractivity contribution < 1.29 is 46.5 Å². The van der Waals surface area contributed by atoms with Crippen LogP contribution in [0.25, 0.3) is 33.5 Å². The molecule has 1 N–H and O–H groups in total. The van der Waals surface area contributed by atoms with Crippen LogP contribution in [0, 0.1) is 44.4 Å². The monoisotopic (exact) mass is 910 g/mol. The smallest absolute Gasteiger partial charge is 0.328 e. The molecule has 3 saturated heterocycles. The van der Waals surface area contributed by atoms with Crippen molar-refractivity contribution in [3.05, 3.63) is 55.0 Å². The van der Waals surface area contributed by atoms with Crippen LogP contribution >= 0.6 is 15.2 Å². The molecule has 22 nitrogen and oxygen atoms in total. The van der Waals surface area contributed by atoms with Crippen LogP contribution in [0.15, 0.2) is 38.0 Å². The average Bonchev–Trinajstić information content (AvgIpc) is 4.11. The predicted molar refractivity (Wildman–Crippen MR) is 224 cm³/mol. The third-order valence-electron chi connectivity index (χ3n) is 12.8. The van der Waals surface area contributed by atoms with Gasteiger partial charge in [0.1, 0.15) is 54.0 Å². The SMILES string of the molecule is Cc1ncnc2c1ncn2[C@@H]1O[C@H](COP(C)(=O)OC2C(C)[C@@H](COP(C)(=O)OC3C(C)[C@@H](CO)O[C@H]3n3cnc4c(C)ncnc43)O[C@H]2n2cnc3c(C)ncnc32)C(C)C1C. The van der Waals surface area contributed by atoms with Gasteiger partial charge in [-0.2, -0.15) is 0 Å². The number of hydrogen-bond donors (Lipinski definition) is 1. The first-order valence-electron chi connectivity index (χ1n) is 20.9. The Kier molecular flexibility index (Phi) is 11.9. The van der Waals surface area contributed by atoms with Crippen molar-refractivity contribution >= 4 is 48.7 Å². The first-order valence-corrected chi connectivity index (χ1v) is 24.8. The van der Waals surface area contributed by atoms with Crippen molar-refractivity contribution in [2.75, 3.05) is 33.2 Å². The zero-order chi connectivity index (χ0) is 44.5. The Labute approximate surface area is 362 Å². The molecule has 63 heavy (non-hydrogen) atoms. The van der Waals surface area contributed by atoms with Crippen molar-refractivity contribution in [2.24, 2.45) is 23.7 Å². The van der Waals surface area contributed by atoms with Crippen LogP contribution in [-0.4, -0.2) is 127 Å². The van der Waals surface area contributed by atoms with E-state index in [9.17, 15) is 14.2 Å². The van der Waals surface area contributed by atoms with Crippen molar-refractivity contribution in [3.8, 4) is 0 Å². The molecular formula is C39H52N12O10P2. The number of aromatic nitrogens is 12. The Morgan fingerprint density at radius 2 is 0.905 bits per heavy atom. The van der Waals surface area contributed by atoms with Crippen LogP contribution in [0.2, 0.25) is 0 Å². The number of rotatable bonds is 14. The molecule has 8 unspecified atom stereocenters. The van der Waals surface area contributed by atoms with E-state index in [1.807, 2.05) is 39.2 Å². The van der Waals surface area contributed by atoms with E-state index in [-0.39, 0.29) is 37.9 Å². The van der Waals surface area contributed by atoms with Gasteiger partial charge in [0.15, 0.2) is 29.4 Å². The fraction of sp³-hybridized carbons (Fsp3) is 0.615. The molecule has 0 aliphatic carbocycles. The van der Waals surface area contributed by atoms with Crippen LogP contribution in [0.5, 0.6) is 0 Å². The zero-order valence-electron chi connectivity index (χ0n) is 36.4. The van der Waals surface area contributed by atoms with E-state index < -0.39 is 70.0 Å². The lowest BCUT2D eigenvalue weighted by Gasteiger charge is -2.27. The number of aryl methyl sites for hydroxylation is 3. The second-order valence-corrected chi connectivity index (χ2v) is 21.0. The van der Waals surface area contributed by atoms with Crippen molar-refractivity contribution in [2.45, 2.75) is 97.7 Å². The lowest BCUT2D eigenvalue weighted by atomic mass is 9.93.